The lowest BCUT2D eigenvalue weighted by Gasteiger charge is -2.25. The molecule has 1 atom stereocenters. The van der Waals surface area contributed by atoms with Crippen molar-refractivity contribution in [2.24, 2.45) is 0 Å². The Labute approximate surface area is 155 Å². The van der Waals surface area contributed by atoms with E-state index in [-0.39, 0.29) is 11.9 Å². The number of hydrogen-bond acceptors (Lipinski definition) is 6. The minimum Gasteiger partial charge on any atom is -0.346 e. The zero-order chi connectivity index (χ0) is 17.9. The van der Waals surface area contributed by atoms with Gasteiger partial charge in [0.25, 0.3) is 0 Å². The van der Waals surface area contributed by atoms with E-state index in [0.29, 0.717) is 0 Å². The zero-order valence-corrected chi connectivity index (χ0v) is 15.5. The molecule has 0 saturated carbocycles. The maximum atomic E-state index is 13.1. The Morgan fingerprint density at radius 3 is 2.85 bits per heavy atom. The number of carbonyl (C=O) groups is 1. The summed E-state index contributed by atoms with van der Waals surface area (Å²) in [4.78, 5) is 30.9. The first-order chi connectivity index (χ1) is 12.6. The van der Waals surface area contributed by atoms with Gasteiger partial charge in [-0.1, -0.05) is 23.5 Å². The second-order valence-electron chi connectivity index (χ2n) is 7.38. The molecule has 1 aromatic carbocycles. The number of hydrogen-bond donors (Lipinski definition) is 0. The third-order valence-corrected chi connectivity index (χ3v) is 6.43. The normalized spacial score (nSPS) is 21.6. The molecule has 2 aliphatic rings. The molecule has 0 radical (unpaired) electrons. The van der Waals surface area contributed by atoms with E-state index in [9.17, 15) is 4.79 Å². The predicted octanol–water partition coefficient (Wildman–Crippen LogP) is 2.99. The second-order valence-corrected chi connectivity index (χ2v) is 8.39. The number of amides is 1. The van der Waals surface area contributed by atoms with Crippen LogP contribution in [-0.2, 0) is 10.2 Å². The van der Waals surface area contributed by atoms with Crippen molar-refractivity contribution in [3.05, 3.63) is 42.4 Å². The zero-order valence-electron chi connectivity index (χ0n) is 14.7. The summed E-state index contributed by atoms with van der Waals surface area (Å²) in [6.07, 6.45) is 4.24. The number of fused-ring (bicyclic) bond motifs is 2. The number of benzene rings is 1. The topological polar surface area (TPSA) is 62.2 Å². The van der Waals surface area contributed by atoms with Crippen molar-refractivity contribution in [1.82, 2.24) is 15.0 Å². The number of rotatable bonds is 2. The van der Waals surface area contributed by atoms with Crippen molar-refractivity contribution < 1.29 is 4.79 Å². The Bertz CT molecular complexity index is 981. The van der Waals surface area contributed by atoms with Gasteiger partial charge in [-0.2, -0.15) is 0 Å². The lowest BCUT2D eigenvalue weighted by molar-refractivity contribution is -0.122. The van der Waals surface area contributed by atoms with E-state index in [4.69, 9.17) is 4.98 Å². The van der Waals surface area contributed by atoms with Gasteiger partial charge in [0.05, 0.1) is 27.4 Å². The highest BCUT2D eigenvalue weighted by atomic mass is 32.1. The van der Waals surface area contributed by atoms with E-state index in [1.807, 2.05) is 36.9 Å². The van der Waals surface area contributed by atoms with Crippen molar-refractivity contribution in [2.75, 3.05) is 22.9 Å². The summed E-state index contributed by atoms with van der Waals surface area (Å²) in [6, 6.07) is 8.30. The average Bonchev–Trinajstić information content (AvgIpc) is 3.32. The van der Waals surface area contributed by atoms with Crippen LogP contribution in [0, 0.1) is 0 Å². The van der Waals surface area contributed by atoms with Crippen LogP contribution in [0.4, 0.5) is 10.9 Å². The van der Waals surface area contributed by atoms with E-state index in [1.165, 1.54) is 4.70 Å². The second kappa shape index (κ2) is 5.48. The number of anilines is 2. The average molecular weight is 365 g/mol. The fraction of sp³-hybridized carbons (Fsp3) is 0.368. The van der Waals surface area contributed by atoms with Gasteiger partial charge in [0, 0.05) is 25.5 Å². The highest BCUT2D eigenvalue weighted by molar-refractivity contribution is 7.22. The third-order valence-electron chi connectivity index (χ3n) is 5.33. The Kier molecular flexibility index (Phi) is 3.31. The van der Waals surface area contributed by atoms with Crippen molar-refractivity contribution in [2.45, 2.75) is 31.7 Å². The van der Waals surface area contributed by atoms with E-state index in [2.05, 4.69) is 20.9 Å². The summed E-state index contributed by atoms with van der Waals surface area (Å²) in [5.74, 6) is 0.813. The Balaban J connectivity index is 1.45. The van der Waals surface area contributed by atoms with Crippen LogP contribution in [0.2, 0.25) is 0 Å². The summed E-state index contributed by atoms with van der Waals surface area (Å²) >= 11 is 1.71. The molecule has 26 heavy (non-hydrogen) atoms. The molecule has 0 aliphatic carbocycles. The molecule has 6 nitrogen and oxygen atoms in total. The van der Waals surface area contributed by atoms with E-state index < -0.39 is 5.41 Å². The monoisotopic (exact) mass is 365 g/mol. The molecular weight excluding hydrogens is 346 g/mol. The fourth-order valence-electron chi connectivity index (χ4n) is 3.91. The molecule has 132 valence electrons. The standard InChI is InChI=1S/C19H19N5OS/c1-19(2)15-16(21-9-8-20-15)24(17(19)25)12-7-10-23(11-12)18-22-13-5-3-4-6-14(13)26-18/h3-6,8-9,12H,7,10-11H2,1-2H3/t12-/m0/s1. The van der Waals surface area contributed by atoms with E-state index >= 15 is 0 Å². The minimum absolute atomic E-state index is 0.0925. The lowest BCUT2D eigenvalue weighted by Crippen LogP contribution is -2.44. The molecule has 4 heterocycles. The van der Waals surface area contributed by atoms with Gasteiger partial charge in [0.1, 0.15) is 0 Å². The third kappa shape index (κ3) is 2.16. The van der Waals surface area contributed by atoms with Crippen LogP contribution < -0.4 is 9.80 Å². The summed E-state index contributed by atoms with van der Waals surface area (Å²) in [7, 11) is 0. The predicted molar refractivity (Wildman–Crippen MR) is 103 cm³/mol. The summed E-state index contributed by atoms with van der Waals surface area (Å²) < 4.78 is 1.19. The van der Waals surface area contributed by atoms with Gasteiger partial charge >= 0.3 is 0 Å². The van der Waals surface area contributed by atoms with Crippen LogP contribution in [0.5, 0.6) is 0 Å². The van der Waals surface area contributed by atoms with Gasteiger partial charge in [0.15, 0.2) is 10.9 Å². The quantitative estimate of drug-likeness (QED) is 0.699. The molecule has 3 aromatic rings. The highest BCUT2D eigenvalue weighted by Crippen LogP contribution is 2.41. The Hall–Kier alpha value is -2.54. The molecule has 5 rings (SSSR count). The first-order valence-corrected chi connectivity index (χ1v) is 9.63. The molecular formula is C19H19N5OS. The van der Waals surface area contributed by atoms with Crippen LogP contribution in [0.1, 0.15) is 26.0 Å². The molecule has 0 bridgehead atoms. The fourth-order valence-corrected chi connectivity index (χ4v) is 4.91. The number of aromatic nitrogens is 3. The van der Waals surface area contributed by atoms with E-state index in [1.54, 1.807) is 23.7 Å². The van der Waals surface area contributed by atoms with Gasteiger partial charge < -0.3 is 4.90 Å². The first kappa shape index (κ1) is 15.7. The van der Waals surface area contributed by atoms with Crippen LogP contribution in [0.3, 0.4) is 0 Å². The highest BCUT2D eigenvalue weighted by Gasteiger charge is 2.49. The summed E-state index contributed by atoms with van der Waals surface area (Å²) in [6.45, 7) is 5.54. The van der Waals surface area contributed by atoms with Crippen LogP contribution in [0.15, 0.2) is 36.7 Å². The lowest BCUT2D eigenvalue weighted by atomic mass is 9.91. The maximum Gasteiger partial charge on any atom is 0.240 e. The molecule has 0 spiro atoms. The molecule has 1 saturated heterocycles. The SMILES string of the molecule is CC1(C)C(=O)N([C@H]2CCN(c3nc4ccccc4s3)C2)c2nccnc21. The molecule has 2 aromatic heterocycles. The van der Waals surface area contributed by atoms with Crippen molar-refractivity contribution in [3.8, 4) is 0 Å². The van der Waals surface area contributed by atoms with E-state index in [0.717, 1.165) is 41.7 Å². The molecule has 0 N–H and O–H groups in total. The molecule has 1 fully saturated rings. The Morgan fingerprint density at radius 1 is 1.19 bits per heavy atom. The van der Waals surface area contributed by atoms with Gasteiger partial charge in [0.2, 0.25) is 5.91 Å². The van der Waals surface area contributed by atoms with Crippen LogP contribution in [-0.4, -0.2) is 40.0 Å². The molecule has 0 unspecified atom stereocenters. The molecule has 1 amide bonds. The van der Waals surface area contributed by atoms with Crippen molar-refractivity contribution in [1.29, 1.82) is 0 Å². The van der Waals surface area contributed by atoms with Gasteiger partial charge in [-0.25, -0.2) is 9.97 Å². The van der Waals surface area contributed by atoms with Crippen LogP contribution in [0.25, 0.3) is 10.2 Å². The Morgan fingerprint density at radius 2 is 2.00 bits per heavy atom. The van der Waals surface area contributed by atoms with Gasteiger partial charge in [-0.15, -0.1) is 0 Å². The van der Waals surface area contributed by atoms with Crippen LogP contribution >= 0.6 is 11.3 Å². The number of nitrogens with zero attached hydrogens (tertiary/aromatic N) is 5. The number of carbonyl (C=O) groups excluding carboxylic acids is 1. The smallest absolute Gasteiger partial charge is 0.240 e. The minimum atomic E-state index is -0.618. The molecule has 7 heteroatoms. The summed E-state index contributed by atoms with van der Waals surface area (Å²) in [5, 5.41) is 1.03. The first-order valence-electron chi connectivity index (χ1n) is 8.81. The number of thiazole rings is 1. The molecule has 2 aliphatic heterocycles. The van der Waals surface area contributed by atoms with Gasteiger partial charge in [-0.05, 0) is 32.4 Å². The van der Waals surface area contributed by atoms with Crippen molar-refractivity contribution in [3.63, 3.8) is 0 Å². The number of para-hydroxylation sites is 1. The maximum absolute atomic E-state index is 13.1. The van der Waals surface area contributed by atoms with Crippen molar-refractivity contribution >= 4 is 38.4 Å². The largest absolute Gasteiger partial charge is 0.346 e. The summed E-state index contributed by atoms with van der Waals surface area (Å²) in [5.41, 5.74) is 1.20. The van der Waals surface area contributed by atoms with Gasteiger partial charge in [-0.3, -0.25) is 14.7 Å².